The van der Waals surface area contributed by atoms with Crippen LogP contribution in [0.2, 0.25) is 0 Å². The Morgan fingerprint density at radius 1 is 1.28 bits per heavy atom. The molecule has 1 aromatic carbocycles. The van der Waals surface area contributed by atoms with Crippen molar-refractivity contribution in [2.45, 2.75) is 12.8 Å². The highest BCUT2D eigenvalue weighted by Crippen LogP contribution is 2.08. The van der Waals surface area contributed by atoms with Crippen molar-refractivity contribution in [1.82, 2.24) is 5.32 Å². The van der Waals surface area contributed by atoms with Crippen LogP contribution in [-0.4, -0.2) is 24.9 Å². The lowest BCUT2D eigenvalue weighted by Crippen LogP contribution is -2.28. The number of carbonyl (C=O) groups excluding carboxylic acids is 1. The molecule has 1 aliphatic rings. The molecule has 18 heavy (non-hydrogen) atoms. The number of piperidine rings is 1. The molecule has 1 fully saturated rings. The normalized spacial score (nSPS) is 15.1. The van der Waals surface area contributed by atoms with Gasteiger partial charge in [0.25, 0.3) is 0 Å². The van der Waals surface area contributed by atoms with Crippen LogP contribution in [0.3, 0.4) is 0 Å². The van der Waals surface area contributed by atoms with Crippen LogP contribution in [0.1, 0.15) is 12.8 Å². The molecule has 0 aromatic heterocycles. The van der Waals surface area contributed by atoms with Crippen LogP contribution in [0.5, 0.6) is 0 Å². The van der Waals surface area contributed by atoms with E-state index >= 15 is 0 Å². The Kier molecular flexibility index (Phi) is 4.25. The SMILES string of the molecule is O=C(Nc1ccc(F)cc1)ON=C1CCNCC1. The van der Waals surface area contributed by atoms with E-state index < -0.39 is 6.09 Å². The van der Waals surface area contributed by atoms with Crippen molar-refractivity contribution in [2.24, 2.45) is 5.16 Å². The quantitative estimate of drug-likeness (QED) is 0.625. The van der Waals surface area contributed by atoms with Gasteiger partial charge in [0.05, 0.1) is 5.71 Å². The van der Waals surface area contributed by atoms with E-state index in [4.69, 9.17) is 4.84 Å². The number of carbonyl (C=O) groups is 1. The Bertz CT molecular complexity index is 437. The number of oxime groups is 1. The van der Waals surface area contributed by atoms with E-state index in [9.17, 15) is 9.18 Å². The molecule has 0 atom stereocenters. The number of nitrogens with zero attached hydrogens (tertiary/aromatic N) is 1. The summed E-state index contributed by atoms with van der Waals surface area (Å²) in [6, 6.07) is 5.42. The lowest BCUT2D eigenvalue weighted by Gasteiger charge is -2.12. The highest BCUT2D eigenvalue weighted by molar-refractivity contribution is 5.88. The molecule has 0 radical (unpaired) electrons. The maximum absolute atomic E-state index is 12.6. The molecule has 2 N–H and O–H groups in total. The zero-order valence-corrected chi connectivity index (χ0v) is 9.78. The molecule has 6 heteroatoms. The van der Waals surface area contributed by atoms with E-state index in [2.05, 4.69) is 15.8 Å². The van der Waals surface area contributed by atoms with Crippen molar-refractivity contribution in [3.63, 3.8) is 0 Å². The summed E-state index contributed by atoms with van der Waals surface area (Å²) in [5, 5.41) is 9.42. The van der Waals surface area contributed by atoms with Crippen LogP contribution in [0.25, 0.3) is 0 Å². The van der Waals surface area contributed by atoms with Gasteiger partial charge in [-0.1, -0.05) is 5.16 Å². The monoisotopic (exact) mass is 251 g/mol. The Hall–Kier alpha value is -1.95. The lowest BCUT2D eigenvalue weighted by molar-refractivity contribution is 0.165. The second-order valence-corrected chi connectivity index (χ2v) is 3.92. The number of halogens is 1. The van der Waals surface area contributed by atoms with E-state index in [0.717, 1.165) is 31.6 Å². The van der Waals surface area contributed by atoms with Gasteiger partial charge >= 0.3 is 6.09 Å². The molecular weight excluding hydrogens is 237 g/mol. The van der Waals surface area contributed by atoms with Gasteiger partial charge in [-0.15, -0.1) is 0 Å². The van der Waals surface area contributed by atoms with Crippen LogP contribution in [-0.2, 0) is 4.84 Å². The summed E-state index contributed by atoms with van der Waals surface area (Å²) >= 11 is 0. The number of benzene rings is 1. The van der Waals surface area contributed by atoms with Crippen molar-refractivity contribution in [2.75, 3.05) is 18.4 Å². The van der Waals surface area contributed by atoms with Crippen LogP contribution < -0.4 is 10.6 Å². The third-order valence-corrected chi connectivity index (χ3v) is 2.53. The molecule has 1 heterocycles. The highest BCUT2D eigenvalue weighted by Gasteiger charge is 2.08. The highest BCUT2D eigenvalue weighted by atomic mass is 19.1. The molecule has 96 valence electrons. The first-order valence-corrected chi connectivity index (χ1v) is 5.74. The second-order valence-electron chi connectivity index (χ2n) is 3.92. The van der Waals surface area contributed by atoms with Crippen molar-refractivity contribution in [3.8, 4) is 0 Å². The average Bonchev–Trinajstić information content (AvgIpc) is 2.40. The van der Waals surface area contributed by atoms with Crippen molar-refractivity contribution in [3.05, 3.63) is 30.1 Å². The molecule has 0 bridgehead atoms. The minimum Gasteiger partial charge on any atom is -0.316 e. The molecule has 1 aliphatic heterocycles. The molecule has 2 rings (SSSR count). The fourth-order valence-electron chi connectivity index (χ4n) is 1.59. The smallest absolute Gasteiger partial charge is 0.316 e. The lowest BCUT2D eigenvalue weighted by atomic mass is 10.1. The Morgan fingerprint density at radius 3 is 2.61 bits per heavy atom. The summed E-state index contributed by atoms with van der Waals surface area (Å²) in [5.74, 6) is -0.358. The van der Waals surface area contributed by atoms with Gasteiger partial charge in [0, 0.05) is 31.6 Å². The molecule has 0 saturated carbocycles. The average molecular weight is 251 g/mol. The van der Waals surface area contributed by atoms with Gasteiger partial charge < -0.3 is 5.32 Å². The number of hydrogen-bond acceptors (Lipinski definition) is 4. The molecular formula is C12H14FN3O2. The Labute approximate surface area is 104 Å². The van der Waals surface area contributed by atoms with Crippen LogP contribution in [0, 0.1) is 5.82 Å². The van der Waals surface area contributed by atoms with E-state index in [1.807, 2.05) is 0 Å². The number of anilines is 1. The molecule has 5 nitrogen and oxygen atoms in total. The summed E-state index contributed by atoms with van der Waals surface area (Å²) in [4.78, 5) is 16.1. The maximum Gasteiger partial charge on any atom is 0.437 e. The van der Waals surface area contributed by atoms with Gasteiger partial charge in [0.15, 0.2) is 0 Å². The first-order valence-electron chi connectivity index (χ1n) is 5.74. The predicted molar refractivity (Wildman–Crippen MR) is 66.0 cm³/mol. The van der Waals surface area contributed by atoms with Crippen molar-refractivity contribution >= 4 is 17.5 Å². The van der Waals surface area contributed by atoms with Crippen molar-refractivity contribution < 1.29 is 14.0 Å². The largest absolute Gasteiger partial charge is 0.437 e. The zero-order valence-electron chi connectivity index (χ0n) is 9.78. The molecule has 1 amide bonds. The van der Waals surface area contributed by atoms with E-state index in [0.29, 0.717) is 5.69 Å². The van der Waals surface area contributed by atoms with Crippen LogP contribution in [0.15, 0.2) is 29.4 Å². The van der Waals surface area contributed by atoms with Crippen LogP contribution >= 0.6 is 0 Å². The third-order valence-electron chi connectivity index (χ3n) is 2.53. The summed E-state index contributed by atoms with van der Waals surface area (Å²) in [5.41, 5.74) is 1.33. The first kappa shape index (κ1) is 12.5. The van der Waals surface area contributed by atoms with Gasteiger partial charge in [-0.25, -0.2) is 9.18 Å². The van der Waals surface area contributed by atoms with Gasteiger partial charge in [0.1, 0.15) is 5.82 Å². The van der Waals surface area contributed by atoms with Gasteiger partial charge in [0.2, 0.25) is 0 Å². The fraction of sp³-hybridized carbons (Fsp3) is 0.333. The Balaban J connectivity index is 1.83. The summed E-state index contributed by atoms with van der Waals surface area (Å²) in [6.07, 6.45) is 0.890. The summed E-state index contributed by atoms with van der Waals surface area (Å²) in [6.45, 7) is 1.70. The minimum absolute atomic E-state index is 0.358. The first-order chi connectivity index (χ1) is 8.74. The number of amides is 1. The van der Waals surface area contributed by atoms with Gasteiger partial charge in [-0.2, -0.15) is 0 Å². The molecule has 0 aliphatic carbocycles. The third kappa shape index (κ3) is 3.81. The van der Waals surface area contributed by atoms with Crippen molar-refractivity contribution in [1.29, 1.82) is 0 Å². The zero-order chi connectivity index (χ0) is 12.8. The Morgan fingerprint density at radius 2 is 1.94 bits per heavy atom. The standard InChI is InChI=1S/C12H14FN3O2/c13-9-1-3-10(4-2-9)15-12(17)18-16-11-5-7-14-8-6-11/h1-4,14H,5-8H2,(H,15,17). The van der Waals surface area contributed by atoms with E-state index in [1.54, 1.807) is 0 Å². The van der Waals surface area contributed by atoms with E-state index in [1.165, 1.54) is 24.3 Å². The molecule has 1 saturated heterocycles. The molecule has 0 unspecified atom stereocenters. The minimum atomic E-state index is -0.673. The van der Waals surface area contributed by atoms with Crippen LogP contribution in [0.4, 0.5) is 14.9 Å². The maximum atomic E-state index is 12.6. The van der Waals surface area contributed by atoms with Gasteiger partial charge in [-0.05, 0) is 24.3 Å². The molecule has 1 aromatic rings. The summed E-state index contributed by atoms with van der Waals surface area (Å²) in [7, 11) is 0. The van der Waals surface area contributed by atoms with E-state index in [-0.39, 0.29) is 5.82 Å². The fourth-order valence-corrected chi connectivity index (χ4v) is 1.59. The predicted octanol–water partition coefficient (Wildman–Crippen LogP) is 2.11. The van der Waals surface area contributed by atoms with Gasteiger partial charge in [-0.3, -0.25) is 10.2 Å². The second kappa shape index (κ2) is 6.11. The number of hydrogen-bond donors (Lipinski definition) is 2. The topological polar surface area (TPSA) is 62.7 Å². The summed E-state index contributed by atoms with van der Waals surface area (Å²) < 4.78 is 12.6. The molecule has 0 spiro atoms. The number of rotatable bonds is 2. The number of nitrogens with one attached hydrogen (secondary N) is 2.